The first kappa shape index (κ1) is 14.2. The van der Waals surface area contributed by atoms with Gasteiger partial charge in [0, 0.05) is 12.8 Å². The van der Waals surface area contributed by atoms with Crippen LogP contribution in [0.4, 0.5) is 0 Å². The van der Waals surface area contributed by atoms with Crippen LogP contribution in [0.5, 0.6) is 0 Å². The van der Waals surface area contributed by atoms with Crippen LogP contribution in [0.3, 0.4) is 0 Å². The highest BCUT2D eigenvalue weighted by Gasteiger charge is 2.56. The van der Waals surface area contributed by atoms with Gasteiger partial charge in [0.2, 0.25) is 5.79 Å². The van der Waals surface area contributed by atoms with Crippen molar-refractivity contribution >= 4 is 5.78 Å². The maximum Gasteiger partial charge on any atom is 0.224 e. The zero-order valence-corrected chi connectivity index (χ0v) is 13.1. The Morgan fingerprint density at radius 2 is 1.81 bits per heavy atom. The van der Waals surface area contributed by atoms with Crippen molar-refractivity contribution in [3.8, 4) is 0 Å². The van der Waals surface area contributed by atoms with Gasteiger partial charge >= 0.3 is 0 Å². The number of aliphatic hydroxyl groups is 2. The molecule has 21 heavy (non-hydrogen) atoms. The van der Waals surface area contributed by atoms with Gasteiger partial charge in [-0.1, -0.05) is 13.3 Å². The van der Waals surface area contributed by atoms with Gasteiger partial charge in [0.1, 0.15) is 0 Å². The SMILES string of the molecule is C[C@@]12CCC[C@H]1[C@@H]1CCC3CC(=O)C(O)(O)C[C@@H]3[C@H]1CC2. The van der Waals surface area contributed by atoms with Crippen molar-refractivity contribution in [3.63, 3.8) is 0 Å². The number of Topliss-reactive ketones (excluding diaryl/α,β-unsaturated/α-hetero) is 1. The topological polar surface area (TPSA) is 57.5 Å². The third-order valence-electron chi connectivity index (χ3n) is 7.71. The summed E-state index contributed by atoms with van der Waals surface area (Å²) in [5, 5.41) is 20.0. The molecular weight excluding hydrogens is 264 g/mol. The van der Waals surface area contributed by atoms with E-state index in [0.717, 1.165) is 18.3 Å². The van der Waals surface area contributed by atoms with E-state index in [2.05, 4.69) is 6.92 Å². The largest absolute Gasteiger partial charge is 0.360 e. The number of ketones is 1. The van der Waals surface area contributed by atoms with E-state index in [1.165, 1.54) is 38.5 Å². The van der Waals surface area contributed by atoms with Crippen LogP contribution >= 0.6 is 0 Å². The average molecular weight is 292 g/mol. The van der Waals surface area contributed by atoms with Gasteiger partial charge < -0.3 is 10.2 Å². The van der Waals surface area contributed by atoms with E-state index in [1.807, 2.05) is 0 Å². The number of hydrogen-bond donors (Lipinski definition) is 2. The fourth-order valence-electron chi connectivity index (χ4n) is 6.64. The van der Waals surface area contributed by atoms with E-state index in [1.54, 1.807) is 0 Å². The summed E-state index contributed by atoms with van der Waals surface area (Å²) in [7, 11) is 0. The van der Waals surface area contributed by atoms with Gasteiger partial charge in [0.15, 0.2) is 5.78 Å². The number of rotatable bonds is 0. The molecule has 4 fully saturated rings. The fraction of sp³-hybridized carbons (Fsp3) is 0.944. The molecule has 4 saturated carbocycles. The van der Waals surface area contributed by atoms with Crippen molar-refractivity contribution in [1.82, 2.24) is 0 Å². The lowest BCUT2D eigenvalue weighted by Crippen LogP contribution is -2.54. The van der Waals surface area contributed by atoms with E-state index < -0.39 is 5.79 Å². The predicted molar refractivity (Wildman–Crippen MR) is 79.3 cm³/mol. The molecule has 4 aliphatic carbocycles. The second-order valence-corrected chi connectivity index (χ2v) is 8.67. The molecular formula is C18H28O3. The standard InChI is InChI=1S/C18H28O3/c1-17-7-2-3-15(17)13-5-4-11-9-16(19)18(20,21)10-14(11)12(13)6-8-17/h11-15,20-21H,2-10H2,1H3/t11?,12-,13+,14-,15-,17-/m0/s1. The third kappa shape index (κ3) is 2.03. The number of hydrogen-bond acceptors (Lipinski definition) is 3. The van der Waals surface area contributed by atoms with Crippen molar-refractivity contribution in [1.29, 1.82) is 0 Å². The number of carbonyl (C=O) groups is 1. The summed E-state index contributed by atoms with van der Waals surface area (Å²) in [5.41, 5.74) is 0.550. The minimum atomic E-state index is -2.04. The van der Waals surface area contributed by atoms with Crippen molar-refractivity contribution in [2.45, 2.75) is 70.5 Å². The summed E-state index contributed by atoms with van der Waals surface area (Å²) in [6.07, 6.45) is 9.76. The minimum Gasteiger partial charge on any atom is -0.360 e. The first-order valence-electron chi connectivity index (χ1n) is 8.89. The molecule has 3 heteroatoms. The lowest BCUT2D eigenvalue weighted by atomic mass is 9.50. The van der Waals surface area contributed by atoms with Gasteiger partial charge in [-0.15, -0.1) is 0 Å². The molecule has 4 rings (SSSR count). The lowest BCUT2D eigenvalue weighted by Gasteiger charge is -2.55. The number of fused-ring (bicyclic) bond motifs is 5. The van der Waals surface area contributed by atoms with E-state index in [0.29, 0.717) is 36.0 Å². The first-order valence-corrected chi connectivity index (χ1v) is 8.89. The molecule has 0 saturated heterocycles. The summed E-state index contributed by atoms with van der Waals surface area (Å²) in [5.74, 6) is 0.645. The summed E-state index contributed by atoms with van der Waals surface area (Å²) in [6.45, 7) is 2.49. The minimum absolute atomic E-state index is 0.293. The number of carbonyl (C=O) groups excluding carboxylic acids is 1. The van der Waals surface area contributed by atoms with Crippen LogP contribution in [0.2, 0.25) is 0 Å². The Bertz CT molecular complexity index is 457. The van der Waals surface area contributed by atoms with Crippen LogP contribution in [0.25, 0.3) is 0 Å². The normalized spacial score (nSPS) is 52.0. The van der Waals surface area contributed by atoms with Gasteiger partial charge in [-0.25, -0.2) is 0 Å². The van der Waals surface area contributed by atoms with E-state index >= 15 is 0 Å². The average Bonchev–Trinajstić information content (AvgIpc) is 2.81. The fourth-order valence-corrected chi connectivity index (χ4v) is 6.64. The van der Waals surface area contributed by atoms with Crippen LogP contribution < -0.4 is 0 Å². The van der Waals surface area contributed by atoms with Crippen molar-refractivity contribution < 1.29 is 15.0 Å². The molecule has 0 spiro atoms. The summed E-state index contributed by atoms with van der Waals surface area (Å²) >= 11 is 0. The first-order chi connectivity index (χ1) is 9.91. The van der Waals surface area contributed by atoms with E-state index in [-0.39, 0.29) is 5.78 Å². The van der Waals surface area contributed by atoms with Crippen LogP contribution in [0.1, 0.15) is 64.7 Å². The van der Waals surface area contributed by atoms with E-state index in [9.17, 15) is 15.0 Å². The highest BCUT2D eigenvalue weighted by atomic mass is 16.5. The Kier molecular flexibility index (Phi) is 3.07. The maximum absolute atomic E-state index is 11.9. The van der Waals surface area contributed by atoms with Gasteiger partial charge in [-0.2, -0.15) is 0 Å². The molecule has 0 radical (unpaired) electrons. The van der Waals surface area contributed by atoms with E-state index in [4.69, 9.17) is 0 Å². The third-order valence-corrected chi connectivity index (χ3v) is 7.71. The molecule has 0 aromatic carbocycles. The smallest absolute Gasteiger partial charge is 0.224 e. The van der Waals surface area contributed by atoms with Crippen LogP contribution in [0.15, 0.2) is 0 Å². The van der Waals surface area contributed by atoms with Crippen molar-refractivity contribution in [3.05, 3.63) is 0 Å². The van der Waals surface area contributed by atoms with Crippen molar-refractivity contribution in [2.24, 2.45) is 35.0 Å². The molecule has 6 atom stereocenters. The molecule has 118 valence electrons. The zero-order valence-electron chi connectivity index (χ0n) is 13.1. The summed E-state index contributed by atoms with van der Waals surface area (Å²) in [6, 6.07) is 0. The molecule has 0 aromatic rings. The van der Waals surface area contributed by atoms with Gasteiger partial charge in [-0.3, -0.25) is 4.79 Å². The molecule has 0 bridgehead atoms. The molecule has 0 aromatic heterocycles. The quantitative estimate of drug-likeness (QED) is 0.675. The molecule has 0 amide bonds. The van der Waals surface area contributed by atoms with Crippen molar-refractivity contribution in [2.75, 3.05) is 0 Å². The Hall–Kier alpha value is -0.410. The molecule has 0 heterocycles. The highest BCUT2D eigenvalue weighted by molar-refractivity contribution is 5.86. The monoisotopic (exact) mass is 292 g/mol. The van der Waals surface area contributed by atoms with Gasteiger partial charge in [0.25, 0.3) is 0 Å². The molecule has 4 aliphatic rings. The molecule has 0 aliphatic heterocycles. The summed E-state index contributed by atoms with van der Waals surface area (Å²) in [4.78, 5) is 11.9. The highest BCUT2D eigenvalue weighted by Crippen LogP contribution is 2.62. The Balaban J connectivity index is 1.60. The molecule has 1 unspecified atom stereocenters. The van der Waals surface area contributed by atoms with Gasteiger partial charge in [0.05, 0.1) is 0 Å². The Morgan fingerprint density at radius 1 is 1.00 bits per heavy atom. The predicted octanol–water partition coefficient (Wildman–Crippen LogP) is 2.89. The lowest BCUT2D eigenvalue weighted by molar-refractivity contribution is -0.210. The van der Waals surface area contributed by atoms with Crippen LogP contribution in [-0.4, -0.2) is 21.8 Å². The van der Waals surface area contributed by atoms with Gasteiger partial charge in [-0.05, 0) is 73.5 Å². The van der Waals surface area contributed by atoms with Crippen LogP contribution in [-0.2, 0) is 4.79 Å². The second kappa shape index (κ2) is 4.55. The zero-order chi connectivity index (χ0) is 14.8. The Labute approximate surface area is 127 Å². The second-order valence-electron chi connectivity index (χ2n) is 8.67. The molecule has 3 nitrogen and oxygen atoms in total. The Morgan fingerprint density at radius 3 is 2.62 bits per heavy atom. The molecule has 2 N–H and O–H groups in total. The van der Waals surface area contributed by atoms with Crippen LogP contribution in [0, 0.1) is 35.0 Å². The summed E-state index contributed by atoms with van der Waals surface area (Å²) < 4.78 is 0. The maximum atomic E-state index is 11.9.